The molecule has 2 aromatic rings. The largest absolute Gasteiger partial charge is 0.369 e. The van der Waals surface area contributed by atoms with Crippen molar-refractivity contribution in [1.82, 2.24) is 9.55 Å². The zero-order chi connectivity index (χ0) is 12.3. The molecule has 0 bridgehead atoms. The average Bonchev–Trinajstić information content (AvgIpc) is 3.22. The van der Waals surface area contributed by atoms with Gasteiger partial charge in [-0.15, -0.1) is 0 Å². The monoisotopic (exact) mass is 305 g/mol. The summed E-state index contributed by atoms with van der Waals surface area (Å²) in [5, 5.41) is 0. The molecule has 94 valence electrons. The number of fused-ring (bicyclic) bond motifs is 1. The topological polar surface area (TPSA) is 43.8 Å². The number of nitrogens with two attached hydrogens (primary N) is 1. The van der Waals surface area contributed by atoms with E-state index in [0.29, 0.717) is 12.0 Å². The zero-order valence-electron chi connectivity index (χ0n) is 10.1. The summed E-state index contributed by atoms with van der Waals surface area (Å²) in [7, 11) is 0. The Morgan fingerprint density at radius 3 is 2.50 bits per heavy atom. The minimum atomic E-state index is 0.587. The average molecular weight is 306 g/mol. The van der Waals surface area contributed by atoms with E-state index in [1.54, 1.807) is 0 Å². The van der Waals surface area contributed by atoms with Crippen molar-refractivity contribution in [3.05, 3.63) is 22.7 Å². The van der Waals surface area contributed by atoms with Crippen molar-refractivity contribution >= 4 is 32.9 Å². The third kappa shape index (κ3) is 1.66. The highest BCUT2D eigenvalue weighted by molar-refractivity contribution is 9.10. The molecule has 2 fully saturated rings. The van der Waals surface area contributed by atoms with Crippen LogP contribution < -0.4 is 5.73 Å². The highest BCUT2D eigenvalue weighted by atomic mass is 79.9. The molecule has 0 atom stereocenters. The normalized spacial score (nSPS) is 19.9. The van der Waals surface area contributed by atoms with Gasteiger partial charge in [-0.1, -0.05) is 15.9 Å². The van der Waals surface area contributed by atoms with Gasteiger partial charge in [0.25, 0.3) is 0 Å². The molecule has 4 rings (SSSR count). The lowest BCUT2D eigenvalue weighted by Gasteiger charge is -2.20. The van der Waals surface area contributed by atoms with Crippen LogP contribution in [0, 0.1) is 11.8 Å². The van der Waals surface area contributed by atoms with E-state index in [4.69, 9.17) is 5.73 Å². The molecule has 1 heterocycles. The molecule has 18 heavy (non-hydrogen) atoms. The molecule has 0 saturated heterocycles. The summed E-state index contributed by atoms with van der Waals surface area (Å²) in [4.78, 5) is 4.52. The molecule has 2 saturated carbocycles. The molecule has 0 spiro atoms. The van der Waals surface area contributed by atoms with Crippen LogP contribution in [-0.4, -0.2) is 9.55 Å². The molecule has 1 aromatic heterocycles. The second kappa shape index (κ2) is 3.73. The van der Waals surface area contributed by atoms with Crippen LogP contribution in [0.3, 0.4) is 0 Å². The summed E-state index contributed by atoms with van der Waals surface area (Å²) in [6.45, 7) is 0. The van der Waals surface area contributed by atoms with Gasteiger partial charge in [0.15, 0.2) is 0 Å². The maximum Gasteiger partial charge on any atom is 0.201 e. The predicted octanol–water partition coefficient (Wildman–Crippen LogP) is 3.74. The third-order valence-electron chi connectivity index (χ3n) is 4.19. The maximum absolute atomic E-state index is 6.17. The van der Waals surface area contributed by atoms with E-state index < -0.39 is 0 Å². The van der Waals surface area contributed by atoms with Gasteiger partial charge in [0, 0.05) is 10.5 Å². The molecule has 2 aliphatic carbocycles. The number of aromatic nitrogens is 2. The summed E-state index contributed by atoms with van der Waals surface area (Å²) in [6, 6.07) is 6.81. The van der Waals surface area contributed by atoms with Gasteiger partial charge < -0.3 is 10.3 Å². The van der Waals surface area contributed by atoms with Crippen LogP contribution in [0.2, 0.25) is 0 Å². The lowest BCUT2D eigenvalue weighted by Crippen LogP contribution is -2.15. The van der Waals surface area contributed by atoms with Gasteiger partial charge in [0.05, 0.1) is 11.0 Å². The first kappa shape index (κ1) is 10.9. The number of halogens is 1. The Kier molecular flexibility index (Phi) is 2.25. The van der Waals surface area contributed by atoms with E-state index in [1.807, 2.05) is 12.1 Å². The quantitative estimate of drug-likeness (QED) is 0.938. The molecule has 2 N–H and O–H groups in total. The fraction of sp³-hybridized carbons (Fsp3) is 0.500. The Labute approximate surface area is 115 Å². The summed E-state index contributed by atoms with van der Waals surface area (Å²) < 4.78 is 3.40. The van der Waals surface area contributed by atoms with E-state index in [9.17, 15) is 0 Å². The highest BCUT2D eigenvalue weighted by Crippen LogP contribution is 2.53. The molecule has 4 heteroatoms. The summed E-state index contributed by atoms with van der Waals surface area (Å²) in [5.74, 6) is 2.35. The third-order valence-corrected chi connectivity index (χ3v) is 4.68. The first-order valence-electron chi connectivity index (χ1n) is 6.67. The van der Waals surface area contributed by atoms with Crippen LogP contribution in [0.15, 0.2) is 22.7 Å². The lowest BCUT2D eigenvalue weighted by atomic mass is 10.1. The maximum atomic E-state index is 6.17. The van der Waals surface area contributed by atoms with Crippen molar-refractivity contribution < 1.29 is 0 Å². The Bertz CT molecular complexity index is 599. The minimum absolute atomic E-state index is 0.587. The van der Waals surface area contributed by atoms with Gasteiger partial charge in [-0.25, -0.2) is 4.98 Å². The van der Waals surface area contributed by atoms with E-state index in [2.05, 4.69) is 31.5 Å². The molecule has 0 unspecified atom stereocenters. The van der Waals surface area contributed by atoms with Crippen molar-refractivity contribution in [2.24, 2.45) is 11.8 Å². The Morgan fingerprint density at radius 1 is 1.22 bits per heavy atom. The summed E-state index contributed by atoms with van der Waals surface area (Å²) in [5.41, 5.74) is 8.37. The Hall–Kier alpha value is -1.03. The summed E-state index contributed by atoms with van der Waals surface area (Å²) in [6.07, 6.45) is 5.42. The van der Waals surface area contributed by atoms with Gasteiger partial charge >= 0.3 is 0 Å². The molecular weight excluding hydrogens is 290 g/mol. The van der Waals surface area contributed by atoms with Crippen LogP contribution in [0.5, 0.6) is 0 Å². The second-order valence-corrected chi connectivity index (χ2v) is 6.55. The summed E-state index contributed by atoms with van der Waals surface area (Å²) >= 11 is 3.55. The van der Waals surface area contributed by atoms with Crippen LogP contribution in [-0.2, 0) is 0 Å². The van der Waals surface area contributed by atoms with E-state index in [1.165, 1.54) is 31.2 Å². The number of anilines is 1. The first-order valence-corrected chi connectivity index (χ1v) is 7.46. The van der Waals surface area contributed by atoms with Crippen molar-refractivity contribution in [2.75, 3.05) is 5.73 Å². The lowest BCUT2D eigenvalue weighted by molar-refractivity contribution is 0.409. The number of nitrogens with zero attached hydrogens (tertiary/aromatic N) is 2. The van der Waals surface area contributed by atoms with Crippen LogP contribution in [0.4, 0.5) is 5.95 Å². The van der Waals surface area contributed by atoms with Gasteiger partial charge in [0.2, 0.25) is 5.95 Å². The van der Waals surface area contributed by atoms with Gasteiger partial charge in [0.1, 0.15) is 0 Å². The first-order chi connectivity index (χ1) is 8.74. The van der Waals surface area contributed by atoms with E-state index in [0.717, 1.165) is 21.8 Å². The fourth-order valence-corrected chi connectivity index (χ4v) is 3.43. The molecule has 0 amide bonds. The number of hydrogen-bond acceptors (Lipinski definition) is 2. The molecule has 0 radical (unpaired) electrons. The SMILES string of the molecule is Nc1nc2ccc(Br)cc2n1C(C1CC1)C1CC1. The molecule has 3 nitrogen and oxygen atoms in total. The Balaban J connectivity index is 1.91. The molecule has 1 aromatic carbocycles. The Morgan fingerprint density at radius 2 is 1.89 bits per heavy atom. The van der Waals surface area contributed by atoms with Crippen molar-refractivity contribution in [1.29, 1.82) is 0 Å². The molecular formula is C14H16BrN3. The van der Waals surface area contributed by atoms with Gasteiger partial charge in [-0.3, -0.25) is 0 Å². The standard InChI is InChI=1S/C14H16BrN3/c15-10-5-6-11-12(7-10)18(14(16)17-11)13(8-1-2-8)9-3-4-9/h5-9,13H,1-4H2,(H2,16,17). The van der Waals surface area contributed by atoms with Gasteiger partial charge in [-0.05, 0) is 55.7 Å². The number of hydrogen-bond donors (Lipinski definition) is 1. The van der Waals surface area contributed by atoms with Crippen molar-refractivity contribution in [2.45, 2.75) is 31.7 Å². The smallest absolute Gasteiger partial charge is 0.201 e. The van der Waals surface area contributed by atoms with Crippen LogP contribution in [0.1, 0.15) is 31.7 Å². The number of benzene rings is 1. The molecule has 0 aliphatic heterocycles. The fourth-order valence-electron chi connectivity index (χ4n) is 3.08. The predicted molar refractivity (Wildman–Crippen MR) is 76.3 cm³/mol. The van der Waals surface area contributed by atoms with Crippen molar-refractivity contribution in [3.63, 3.8) is 0 Å². The minimum Gasteiger partial charge on any atom is -0.369 e. The van der Waals surface area contributed by atoms with E-state index in [-0.39, 0.29) is 0 Å². The molecule has 2 aliphatic rings. The van der Waals surface area contributed by atoms with Gasteiger partial charge in [-0.2, -0.15) is 0 Å². The number of rotatable bonds is 3. The highest BCUT2D eigenvalue weighted by Gasteiger charge is 2.43. The number of nitrogen functional groups attached to an aromatic ring is 1. The second-order valence-electron chi connectivity index (χ2n) is 5.64. The van der Waals surface area contributed by atoms with Crippen molar-refractivity contribution in [3.8, 4) is 0 Å². The van der Waals surface area contributed by atoms with E-state index >= 15 is 0 Å². The zero-order valence-corrected chi connectivity index (χ0v) is 11.7. The number of imidazole rings is 1. The van der Waals surface area contributed by atoms with Crippen LogP contribution in [0.25, 0.3) is 11.0 Å². The van der Waals surface area contributed by atoms with Crippen LogP contribution >= 0.6 is 15.9 Å².